The number of unbranched alkanes of at least 4 members (excludes halogenated alkanes) is 7. The van der Waals surface area contributed by atoms with Crippen molar-refractivity contribution >= 4 is 51.9 Å². The molecule has 11 heteroatoms. The number of aromatic nitrogens is 2. The minimum atomic E-state index is -0.747. The second-order valence-electron chi connectivity index (χ2n) is 9.40. The summed E-state index contributed by atoms with van der Waals surface area (Å²) in [6, 6.07) is 10.9. The van der Waals surface area contributed by atoms with Gasteiger partial charge in [-0.2, -0.15) is 4.98 Å². The van der Waals surface area contributed by atoms with Crippen molar-refractivity contribution < 1.29 is 23.8 Å². The highest BCUT2D eigenvalue weighted by Gasteiger charge is 2.32. The zero-order valence-corrected chi connectivity index (χ0v) is 23.5. The van der Waals surface area contributed by atoms with Crippen LogP contribution >= 0.6 is 24.0 Å². The SMILES string of the molecule is O=C(O)CCCCCCCCCCN1C(=O)/C(=C\c2c(Oc3ccccc3F)nc3ccccn3c2=O)SC1=S. The van der Waals surface area contributed by atoms with Gasteiger partial charge in [0.05, 0.1) is 4.91 Å². The molecule has 3 aromatic rings. The van der Waals surface area contributed by atoms with Gasteiger partial charge in [0, 0.05) is 19.2 Å². The van der Waals surface area contributed by atoms with Crippen molar-refractivity contribution in [2.75, 3.05) is 6.54 Å². The first kappa shape index (κ1) is 29.4. The Morgan fingerprint density at radius 1 is 1.00 bits per heavy atom. The molecule has 4 rings (SSSR count). The lowest BCUT2D eigenvalue weighted by molar-refractivity contribution is -0.137. The van der Waals surface area contributed by atoms with E-state index in [0.29, 0.717) is 16.5 Å². The van der Waals surface area contributed by atoms with Gasteiger partial charge in [-0.25, -0.2) is 4.39 Å². The van der Waals surface area contributed by atoms with Crippen molar-refractivity contribution in [2.45, 2.75) is 57.8 Å². The van der Waals surface area contributed by atoms with Gasteiger partial charge in [0.15, 0.2) is 11.6 Å². The lowest BCUT2D eigenvalue weighted by atomic mass is 10.1. The number of halogens is 1. The minimum absolute atomic E-state index is 0.0239. The number of pyridine rings is 1. The number of benzene rings is 1. The first-order valence-electron chi connectivity index (χ1n) is 13.3. The fourth-order valence-electron chi connectivity index (χ4n) is 4.35. The highest BCUT2D eigenvalue weighted by Crippen LogP contribution is 2.34. The highest BCUT2D eigenvalue weighted by molar-refractivity contribution is 8.26. The van der Waals surface area contributed by atoms with E-state index in [4.69, 9.17) is 22.1 Å². The standard InChI is InChI=1S/C29H30FN3O5S2/c30-21-13-8-9-14-22(21)38-26-20(27(36)32-17-12-10-15-24(32)31-26)19-23-28(37)33(29(39)40-23)18-11-6-4-2-1-3-5-7-16-25(34)35/h8-10,12-15,17,19H,1-7,11,16,18H2,(H,34,35)/b23-19+. The maximum absolute atomic E-state index is 14.3. The van der Waals surface area contributed by atoms with Crippen LogP contribution in [0.5, 0.6) is 11.6 Å². The largest absolute Gasteiger partial charge is 0.481 e. The quantitative estimate of drug-likeness (QED) is 0.132. The second kappa shape index (κ2) is 14.2. The van der Waals surface area contributed by atoms with Crippen LogP contribution in [0.2, 0.25) is 0 Å². The normalized spacial score (nSPS) is 14.4. The number of amides is 1. The zero-order valence-electron chi connectivity index (χ0n) is 21.9. The van der Waals surface area contributed by atoms with Gasteiger partial charge in [0.1, 0.15) is 15.5 Å². The Bertz CT molecular complexity index is 1490. The predicted octanol–water partition coefficient (Wildman–Crippen LogP) is 6.42. The van der Waals surface area contributed by atoms with Gasteiger partial charge >= 0.3 is 5.97 Å². The van der Waals surface area contributed by atoms with Crippen LogP contribution in [0.15, 0.2) is 58.4 Å². The number of fused-ring (bicyclic) bond motifs is 1. The predicted molar refractivity (Wildman–Crippen MR) is 157 cm³/mol. The lowest BCUT2D eigenvalue weighted by Gasteiger charge is -2.14. The molecule has 2 aromatic heterocycles. The average molecular weight is 584 g/mol. The zero-order chi connectivity index (χ0) is 28.5. The number of carbonyl (C=O) groups excluding carboxylic acids is 1. The Morgan fingerprint density at radius 2 is 1.68 bits per heavy atom. The average Bonchev–Trinajstić information content (AvgIpc) is 3.20. The van der Waals surface area contributed by atoms with Crippen LogP contribution in [0.1, 0.15) is 63.4 Å². The Labute approximate surface area is 240 Å². The van der Waals surface area contributed by atoms with Crippen molar-refractivity contribution in [1.29, 1.82) is 0 Å². The number of carboxylic acids is 1. The number of thioether (sulfide) groups is 1. The third-order valence-electron chi connectivity index (χ3n) is 6.45. The fraction of sp³-hybridized carbons (Fsp3) is 0.345. The van der Waals surface area contributed by atoms with E-state index in [-0.39, 0.29) is 34.4 Å². The topological polar surface area (TPSA) is 101 Å². The third-order valence-corrected chi connectivity index (χ3v) is 7.83. The van der Waals surface area contributed by atoms with Crippen LogP contribution in [0.4, 0.5) is 4.39 Å². The molecule has 1 amide bonds. The van der Waals surface area contributed by atoms with E-state index < -0.39 is 17.3 Å². The van der Waals surface area contributed by atoms with Crippen LogP contribution in [-0.2, 0) is 9.59 Å². The van der Waals surface area contributed by atoms with Crippen LogP contribution in [0, 0.1) is 5.82 Å². The lowest BCUT2D eigenvalue weighted by Crippen LogP contribution is -2.29. The molecular formula is C29H30FN3O5S2. The van der Waals surface area contributed by atoms with Gasteiger partial charge in [-0.05, 0) is 43.2 Å². The molecule has 0 aliphatic carbocycles. The molecule has 40 heavy (non-hydrogen) atoms. The van der Waals surface area contributed by atoms with Crippen molar-refractivity contribution in [3.05, 3.63) is 75.3 Å². The third kappa shape index (κ3) is 7.54. The van der Waals surface area contributed by atoms with E-state index in [1.54, 1.807) is 35.4 Å². The molecule has 0 unspecified atom stereocenters. The summed E-state index contributed by atoms with van der Waals surface area (Å²) >= 11 is 6.57. The van der Waals surface area contributed by atoms with E-state index in [0.717, 1.165) is 63.1 Å². The number of carboxylic acid groups (broad SMARTS) is 1. The summed E-state index contributed by atoms with van der Waals surface area (Å²) < 4.78 is 21.8. The molecule has 1 aromatic carbocycles. The summed E-state index contributed by atoms with van der Waals surface area (Å²) in [4.78, 5) is 43.4. The van der Waals surface area contributed by atoms with Gasteiger partial charge in [0.25, 0.3) is 11.5 Å². The number of hydrogen-bond donors (Lipinski definition) is 1. The number of carbonyl (C=O) groups is 2. The number of nitrogens with zero attached hydrogens (tertiary/aromatic N) is 3. The molecule has 1 fully saturated rings. The van der Waals surface area contributed by atoms with E-state index in [1.807, 2.05) is 0 Å². The van der Waals surface area contributed by atoms with E-state index in [9.17, 15) is 18.8 Å². The van der Waals surface area contributed by atoms with Crippen molar-refractivity contribution in [2.24, 2.45) is 0 Å². The number of aliphatic carboxylic acids is 1. The second-order valence-corrected chi connectivity index (χ2v) is 11.1. The Morgan fingerprint density at radius 3 is 2.40 bits per heavy atom. The van der Waals surface area contributed by atoms with Gasteiger partial charge in [0.2, 0.25) is 5.88 Å². The highest BCUT2D eigenvalue weighted by atomic mass is 32.2. The summed E-state index contributed by atoms with van der Waals surface area (Å²) in [5.74, 6) is -1.83. The van der Waals surface area contributed by atoms with Gasteiger partial charge in [-0.3, -0.25) is 23.7 Å². The molecule has 0 spiro atoms. The number of rotatable bonds is 14. The first-order chi connectivity index (χ1) is 19.3. The molecule has 1 aliphatic heterocycles. The van der Waals surface area contributed by atoms with Crippen molar-refractivity contribution in [3.63, 3.8) is 0 Å². The molecule has 8 nitrogen and oxygen atoms in total. The van der Waals surface area contributed by atoms with Gasteiger partial charge in [-0.1, -0.05) is 80.7 Å². The van der Waals surface area contributed by atoms with Crippen LogP contribution in [0.25, 0.3) is 11.7 Å². The molecule has 0 radical (unpaired) electrons. The Balaban J connectivity index is 1.41. The Kier molecular flexibility index (Phi) is 10.4. The van der Waals surface area contributed by atoms with Gasteiger partial charge < -0.3 is 9.84 Å². The van der Waals surface area contributed by atoms with E-state index >= 15 is 0 Å². The molecule has 1 aliphatic rings. The maximum Gasteiger partial charge on any atom is 0.303 e. The van der Waals surface area contributed by atoms with Crippen molar-refractivity contribution in [1.82, 2.24) is 14.3 Å². The summed E-state index contributed by atoms with van der Waals surface area (Å²) in [7, 11) is 0. The van der Waals surface area contributed by atoms with Crippen LogP contribution in [-0.4, -0.2) is 42.1 Å². The summed E-state index contributed by atoms with van der Waals surface area (Å²) in [6.07, 6.45) is 10.8. The minimum Gasteiger partial charge on any atom is -0.481 e. The molecule has 1 N–H and O–H groups in total. The van der Waals surface area contributed by atoms with Gasteiger partial charge in [-0.15, -0.1) is 0 Å². The van der Waals surface area contributed by atoms with E-state index in [1.165, 1.54) is 28.7 Å². The molecule has 210 valence electrons. The summed E-state index contributed by atoms with van der Waals surface area (Å²) in [5.41, 5.74) is -0.107. The molecule has 0 bridgehead atoms. The molecular weight excluding hydrogens is 553 g/mol. The molecule has 1 saturated heterocycles. The molecule has 3 heterocycles. The number of thiocarbonyl (C=S) groups is 1. The summed E-state index contributed by atoms with van der Waals surface area (Å²) in [6.45, 7) is 0.480. The number of para-hydroxylation sites is 1. The fourth-order valence-corrected chi connectivity index (χ4v) is 5.64. The van der Waals surface area contributed by atoms with Crippen LogP contribution < -0.4 is 10.3 Å². The van der Waals surface area contributed by atoms with Crippen LogP contribution in [0.3, 0.4) is 0 Å². The van der Waals surface area contributed by atoms with Crippen molar-refractivity contribution in [3.8, 4) is 11.6 Å². The first-order valence-corrected chi connectivity index (χ1v) is 14.5. The maximum atomic E-state index is 14.3. The number of hydrogen-bond acceptors (Lipinski definition) is 7. The van der Waals surface area contributed by atoms with E-state index in [2.05, 4.69) is 4.98 Å². The monoisotopic (exact) mass is 583 g/mol. The molecule has 0 atom stereocenters. The number of ether oxygens (including phenoxy) is 1. The molecule has 0 saturated carbocycles. The summed E-state index contributed by atoms with van der Waals surface area (Å²) in [5, 5.41) is 8.68. The Hall–Kier alpha value is -3.57. The smallest absolute Gasteiger partial charge is 0.303 e.